The second kappa shape index (κ2) is 7.48. The van der Waals surface area contributed by atoms with Crippen molar-refractivity contribution in [1.29, 1.82) is 0 Å². The van der Waals surface area contributed by atoms with Crippen LogP contribution in [0.3, 0.4) is 0 Å². The molecule has 0 N–H and O–H groups in total. The maximum absolute atomic E-state index is 11.3. The van der Waals surface area contributed by atoms with E-state index in [0.29, 0.717) is 6.54 Å². The highest BCUT2D eigenvalue weighted by molar-refractivity contribution is 5.74. The number of methoxy groups -OCH3 is 2. The molecule has 0 aromatic carbocycles. The summed E-state index contributed by atoms with van der Waals surface area (Å²) < 4.78 is 9.21. The maximum atomic E-state index is 11.3. The minimum absolute atomic E-state index is 0.0151. The molecule has 0 amide bonds. The van der Waals surface area contributed by atoms with Crippen LogP contribution in [-0.2, 0) is 25.6 Å². The van der Waals surface area contributed by atoms with E-state index in [-0.39, 0.29) is 13.1 Å². The van der Waals surface area contributed by atoms with E-state index in [1.54, 1.807) is 4.90 Å². The highest BCUT2D eigenvalue weighted by Crippen LogP contribution is 2.04. The van der Waals surface area contributed by atoms with Crippen molar-refractivity contribution >= 4 is 11.9 Å². The number of carbonyl (C=O) groups excluding carboxylic acids is 2. The number of rotatable bonds is 6. The summed E-state index contributed by atoms with van der Waals surface area (Å²) in [5.41, 5.74) is 1.67. The molecule has 1 rings (SSSR count). The van der Waals surface area contributed by atoms with Gasteiger partial charge in [-0.15, -0.1) is 0 Å². The van der Waals surface area contributed by atoms with E-state index >= 15 is 0 Å². The molecule has 19 heavy (non-hydrogen) atoms. The molecule has 0 aliphatic heterocycles. The van der Waals surface area contributed by atoms with Crippen LogP contribution in [0.25, 0.3) is 0 Å². The van der Waals surface area contributed by atoms with Gasteiger partial charge in [0, 0.05) is 12.2 Å². The van der Waals surface area contributed by atoms with Crippen LogP contribution in [0.5, 0.6) is 0 Å². The number of carbonyl (C=O) groups is 2. The number of hydrogen-bond acceptors (Lipinski definition) is 6. The average molecular weight is 266 g/mol. The summed E-state index contributed by atoms with van der Waals surface area (Å²) in [6.45, 7) is 2.29. The van der Waals surface area contributed by atoms with Gasteiger partial charge in [0.15, 0.2) is 0 Å². The van der Waals surface area contributed by atoms with Gasteiger partial charge < -0.3 is 9.47 Å². The molecule has 0 spiro atoms. The van der Waals surface area contributed by atoms with Crippen molar-refractivity contribution in [2.45, 2.75) is 13.5 Å². The Balaban J connectivity index is 2.72. The first-order valence-electron chi connectivity index (χ1n) is 5.83. The predicted octanol–water partition coefficient (Wildman–Crippen LogP) is 0.538. The number of hydrogen-bond donors (Lipinski definition) is 0. The van der Waals surface area contributed by atoms with Crippen molar-refractivity contribution in [3.05, 3.63) is 29.6 Å². The third-order valence-electron chi connectivity index (χ3n) is 2.49. The van der Waals surface area contributed by atoms with Gasteiger partial charge in [0.05, 0.1) is 33.0 Å². The number of esters is 2. The lowest BCUT2D eigenvalue weighted by Gasteiger charge is -2.19. The van der Waals surface area contributed by atoms with E-state index in [1.165, 1.54) is 14.2 Å². The molecule has 6 heteroatoms. The van der Waals surface area contributed by atoms with Crippen LogP contribution in [-0.4, -0.2) is 49.1 Å². The molecule has 0 aliphatic carbocycles. The Labute approximate surface area is 112 Å². The molecule has 6 nitrogen and oxygen atoms in total. The topological polar surface area (TPSA) is 68.7 Å². The van der Waals surface area contributed by atoms with Crippen LogP contribution >= 0.6 is 0 Å². The van der Waals surface area contributed by atoms with Gasteiger partial charge in [0.2, 0.25) is 0 Å². The molecule has 0 atom stereocenters. The van der Waals surface area contributed by atoms with Crippen molar-refractivity contribution in [2.75, 3.05) is 27.3 Å². The van der Waals surface area contributed by atoms with E-state index < -0.39 is 11.9 Å². The lowest BCUT2D eigenvalue weighted by Crippen LogP contribution is -2.35. The fourth-order valence-electron chi connectivity index (χ4n) is 1.58. The second-order valence-corrected chi connectivity index (χ2v) is 4.07. The molecular formula is C13H18N2O4. The molecule has 0 radical (unpaired) electrons. The van der Waals surface area contributed by atoms with Gasteiger partial charge in [0.1, 0.15) is 0 Å². The highest BCUT2D eigenvalue weighted by atomic mass is 16.5. The summed E-state index contributed by atoms with van der Waals surface area (Å²) >= 11 is 0. The first kappa shape index (κ1) is 15.1. The zero-order chi connectivity index (χ0) is 14.3. The Morgan fingerprint density at radius 1 is 1.16 bits per heavy atom. The zero-order valence-electron chi connectivity index (χ0n) is 11.4. The second-order valence-electron chi connectivity index (χ2n) is 4.07. The number of ether oxygens (including phenoxy) is 2. The fraction of sp³-hybridized carbons (Fsp3) is 0.462. The van der Waals surface area contributed by atoms with Crippen LogP contribution in [0, 0.1) is 6.92 Å². The van der Waals surface area contributed by atoms with E-state index in [1.807, 2.05) is 25.1 Å². The number of aromatic nitrogens is 1. The molecule has 0 saturated carbocycles. The molecule has 0 unspecified atom stereocenters. The molecule has 1 aromatic rings. The Morgan fingerprint density at radius 3 is 2.21 bits per heavy atom. The zero-order valence-corrected chi connectivity index (χ0v) is 11.4. The molecular weight excluding hydrogens is 248 g/mol. The van der Waals surface area contributed by atoms with E-state index in [2.05, 4.69) is 14.5 Å². The summed E-state index contributed by atoms with van der Waals surface area (Å²) in [5, 5.41) is 0. The first-order valence-corrected chi connectivity index (χ1v) is 5.83. The lowest BCUT2D eigenvalue weighted by molar-refractivity contribution is -0.145. The Kier molecular flexibility index (Phi) is 5.95. The summed E-state index contributed by atoms with van der Waals surface area (Å²) in [5.74, 6) is -0.812. The molecule has 0 bridgehead atoms. The third kappa shape index (κ3) is 5.48. The van der Waals surface area contributed by atoms with Crippen molar-refractivity contribution < 1.29 is 19.1 Å². The standard InChI is InChI=1S/C13H18N2O4/c1-10-5-4-6-11(14-10)7-15(8-12(16)18-2)9-13(17)19-3/h4-6H,7-9H2,1-3H3. The lowest BCUT2D eigenvalue weighted by atomic mass is 10.3. The van der Waals surface area contributed by atoms with Gasteiger partial charge in [-0.25, -0.2) is 0 Å². The molecule has 104 valence electrons. The molecule has 0 fully saturated rings. The number of nitrogens with zero attached hydrogens (tertiary/aromatic N) is 2. The van der Waals surface area contributed by atoms with Crippen molar-refractivity contribution in [3.63, 3.8) is 0 Å². The van der Waals surface area contributed by atoms with Crippen LogP contribution in [0.2, 0.25) is 0 Å². The van der Waals surface area contributed by atoms with Crippen LogP contribution in [0.15, 0.2) is 18.2 Å². The predicted molar refractivity (Wildman–Crippen MR) is 68.3 cm³/mol. The van der Waals surface area contributed by atoms with Gasteiger partial charge in [-0.05, 0) is 19.1 Å². The molecule has 1 heterocycles. The van der Waals surface area contributed by atoms with Crippen LogP contribution < -0.4 is 0 Å². The molecule has 0 saturated heterocycles. The average Bonchev–Trinajstić information content (AvgIpc) is 2.38. The summed E-state index contributed by atoms with van der Waals surface area (Å²) in [4.78, 5) is 28.6. The monoisotopic (exact) mass is 266 g/mol. The van der Waals surface area contributed by atoms with Crippen molar-refractivity contribution in [1.82, 2.24) is 9.88 Å². The van der Waals surface area contributed by atoms with Gasteiger partial charge >= 0.3 is 11.9 Å². The summed E-state index contributed by atoms with van der Waals surface area (Å²) in [7, 11) is 2.62. The molecule has 1 aromatic heterocycles. The van der Waals surface area contributed by atoms with Crippen molar-refractivity contribution in [2.24, 2.45) is 0 Å². The Bertz CT molecular complexity index is 430. The normalized spacial score (nSPS) is 10.3. The summed E-state index contributed by atoms with van der Waals surface area (Å²) in [6, 6.07) is 5.61. The number of pyridine rings is 1. The smallest absolute Gasteiger partial charge is 0.319 e. The van der Waals surface area contributed by atoms with Gasteiger partial charge in [-0.2, -0.15) is 0 Å². The summed E-state index contributed by atoms with van der Waals surface area (Å²) in [6.07, 6.45) is 0. The first-order chi connectivity index (χ1) is 9.05. The SMILES string of the molecule is COC(=O)CN(CC(=O)OC)Cc1cccc(C)n1. The minimum Gasteiger partial charge on any atom is -0.468 e. The van der Waals surface area contributed by atoms with Crippen LogP contribution in [0.1, 0.15) is 11.4 Å². The quantitative estimate of drug-likeness (QED) is 0.700. The van der Waals surface area contributed by atoms with Gasteiger partial charge in [-0.1, -0.05) is 6.07 Å². The Hall–Kier alpha value is -1.95. The fourth-order valence-corrected chi connectivity index (χ4v) is 1.58. The van der Waals surface area contributed by atoms with Gasteiger partial charge in [0.25, 0.3) is 0 Å². The maximum Gasteiger partial charge on any atom is 0.319 e. The minimum atomic E-state index is -0.406. The number of aryl methyl sites for hydroxylation is 1. The van der Waals surface area contributed by atoms with Crippen molar-refractivity contribution in [3.8, 4) is 0 Å². The molecule has 0 aliphatic rings. The van der Waals surface area contributed by atoms with Gasteiger partial charge in [-0.3, -0.25) is 19.5 Å². The Morgan fingerprint density at radius 2 is 1.74 bits per heavy atom. The largest absolute Gasteiger partial charge is 0.468 e. The van der Waals surface area contributed by atoms with E-state index in [0.717, 1.165) is 11.4 Å². The van der Waals surface area contributed by atoms with Crippen LogP contribution in [0.4, 0.5) is 0 Å². The van der Waals surface area contributed by atoms with E-state index in [4.69, 9.17) is 0 Å². The highest BCUT2D eigenvalue weighted by Gasteiger charge is 2.16. The van der Waals surface area contributed by atoms with E-state index in [9.17, 15) is 9.59 Å². The third-order valence-corrected chi connectivity index (χ3v) is 2.49.